The Hall–Kier alpha value is -3.20. The summed E-state index contributed by atoms with van der Waals surface area (Å²) in [6.07, 6.45) is 4.64. The molecular weight excluding hydrogens is 382 g/mol. The smallest absolute Gasteiger partial charge is 0.134 e. The van der Waals surface area contributed by atoms with Crippen molar-refractivity contribution >= 4 is 16.7 Å². The summed E-state index contributed by atoms with van der Waals surface area (Å²) in [5.74, 6) is 2.73. The predicted octanol–water partition coefficient (Wildman–Crippen LogP) is 7.18. The van der Waals surface area contributed by atoms with Crippen molar-refractivity contribution in [3.63, 3.8) is 0 Å². The first-order chi connectivity index (χ1) is 15.2. The van der Waals surface area contributed by atoms with Crippen LogP contribution >= 0.6 is 0 Å². The molecule has 158 valence electrons. The minimum atomic E-state index is 0.110. The maximum absolute atomic E-state index is 6.18. The second kappa shape index (κ2) is 8.89. The van der Waals surface area contributed by atoms with Gasteiger partial charge in [-0.1, -0.05) is 42.5 Å². The van der Waals surface area contributed by atoms with Gasteiger partial charge >= 0.3 is 0 Å². The van der Waals surface area contributed by atoms with Gasteiger partial charge in [-0.05, 0) is 86.1 Å². The van der Waals surface area contributed by atoms with Crippen molar-refractivity contribution in [3.05, 3.63) is 95.7 Å². The van der Waals surface area contributed by atoms with Crippen molar-refractivity contribution in [3.8, 4) is 5.75 Å². The van der Waals surface area contributed by atoms with Crippen LogP contribution in [0.3, 0.4) is 0 Å². The lowest BCUT2D eigenvalue weighted by atomic mass is 10.0. The first kappa shape index (κ1) is 19.7. The molecule has 4 aromatic rings. The van der Waals surface area contributed by atoms with E-state index in [9.17, 15) is 0 Å². The van der Waals surface area contributed by atoms with Crippen LogP contribution in [0.4, 0.5) is 5.69 Å². The van der Waals surface area contributed by atoms with E-state index in [2.05, 4.69) is 72.9 Å². The SMILES string of the molecule is CC(Nc1ccccc1)c1cc2ccc(CCc3ccc(OCC4CC4)cc3)cc2o1. The van der Waals surface area contributed by atoms with Gasteiger partial charge in [-0.3, -0.25) is 0 Å². The molecule has 3 aromatic carbocycles. The molecule has 0 amide bonds. The molecule has 1 aliphatic carbocycles. The molecule has 31 heavy (non-hydrogen) atoms. The van der Waals surface area contributed by atoms with Crippen LogP contribution in [0.1, 0.15) is 42.7 Å². The molecule has 0 bridgehead atoms. The van der Waals surface area contributed by atoms with Gasteiger partial charge in [0.2, 0.25) is 0 Å². The molecule has 0 spiro atoms. The van der Waals surface area contributed by atoms with Gasteiger partial charge in [0.05, 0.1) is 12.6 Å². The second-order valence-corrected chi connectivity index (χ2v) is 8.65. The lowest BCUT2D eigenvalue weighted by Gasteiger charge is -2.12. The zero-order chi connectivity index (χ0) is 21.0. The fraction of sp³-hybridized carbons (Fsp3) is 0.286. The largest absolute Gasteiger partial charge is 0.493 e. The van der Waals surface area contributed by atoms with Crippen molar-refractivity contribution < 1.29 is 9.15 Å². The van der Waals surface area contributed by atoms with Crippen molar-refractivity contribution in [2.45, 2.75) is 38.6 Å². The van der Waals surface area contributed by atoms with Crippen LogP contribution in [0, 0.1) is 5.92 Å². The number of rotatable bonds is 9. The number of anilines is 1. The van der Waals surface area contributed by atoms with E-state index in [-0.39, 0.29) is 6.04 Å². The highest BCUT2D eigenvalue weighted by atomic mass is 16.5. The van der Waals surface area contributed by atoms with Gasteiger partial charge < -0.3 is 14.5 Å². The van der Waals surface area contributed by atoms with E-state index in [1.54, 1.807) is 0 Å². The first-order valence-corrected chi connectivity index (χ1v) is 11.3. The summed E-state index contributed by atoms with van der Waals surface area (Å²) in [4.78, 5) is 0. The Morgan fingerprint density at radius 1 is 0.903 bits per heavy atom. The van der Waals surface area contributed by atoms with Gasteiger partial charge in [-0.2, -0.15) is 0 Å². The third kappa shape index (κ3) is 5.11. The zero-order valence-corrected chi connectivity index (χ0v) is 18.0. The zero-order valence-electron chi connectivity index (χ0n) is 18.0. The highest BCUT2D eigenvalue weighted by molar-refractivity contribution is 5.79. The summed E-state index contributed by atoms with van der Waals surface area (Å²) in [5.41, 5.74) is 4.68. The van der Waals surface area contributed by atoms with Gasteiger partial charge in [-0.25, -0.2) is 0 Å². The number of benzene rings is 3. The van der Waals surface area contributed by atoms with Gasteiger partial charge in [-0.15, -0.1) is 0 Å². The van der Waals surface area contributed by atoms with Gasteiger partial charge in [0.15, 0.2) is 0 Å². The highest BCUT2D eigenvalue weighted by Crippen LogP contribution is 2.30. The fourth-order valence-electron chi connectivity index (χ4n) is 3.86. The van der Waals surface area contributed by atoms with E-state index < -0.39 is 0 Å². The third-order valence-corrected chi connectivity index (χ3v) is 6.00. The monoisotopic (exact) mass is 411 g/mol. The standard InChI is InChI=1S/C28H29NO2/c1-20(29-25-5-3-2-4-6-25)27-18-24-14-11-22(17-28(24)31-27)8-7-21-12-15-26(16-13-21)30-19-23-9-10-23/h2-6,11-18,20,23,29H,7-10,19H2,1H3. The molecule has 1 saturated carbocycles. The van der Waals surface area contributed by atoms with Crippen LogP contribution in [-0.4, -0.2) is 6.61 Å². The lowest BCUT2D eigenvalue weighted by Crippen LogP contribution is -2.04. The number of para-hydroxylation sites is 1. The van der Waals surface area contributed by atoms with Crippen LogP contribution < -0.4 is 10.1 Å². The number of ether oxygens (including phenoxy) is 1. The molecule has 1 fully saturated rings. The van der Waals surface area contributed by atoms with Gasteiger partial charge in [0.1, 0.15) is 17.1 Å². The Labute approximate surface area is 184 Å². The summed E-state index contributed by atoms with van der Waals surface area (Å²) in [6.45, 7) is 2.99. The number of fused-ring (bicyclic) bond motifs is 1. The second-order valence-electron chi connectivity index (χ2n) is 8.65. The summed E-state index contributed by atoms with van der Waals surface area (Å²) >= 11 is 0. The van der Waals surface area contributed by atoms with Crippen molar-refractivity contribution in [2.75, 3.05) is 11.9 Å². The molecule has 0 saturated heterocycles. The van der Waals surface area contributed by atoms with E-state index >= 15 is 0 Å². The Balaban J connectivity index is 1.20. The predicted molar refractivity (Wildman–Crippen MR) is 127 cm³/mol. The van der Waals surface area contributed by atoms with Gasteiger partial charge in [0.25, 0.3) is 0 Å². The molecular formula is C28H29NO2. The lowest BCUT2D eigenvalue weighted by molar-refractivity contribution is 0.299. The average Bonchev–Trinajstić information content (AvgIpc) is 3.54. The average molecular weight is 412 g/mol. The third-order valence-electron chi connectivity index (χ3n) is 6.00. The Bertz CT molecular complexity index is 1130. The number of nitrogens with one attached hydrogen (secondary N) is 1. The summed E-state index contributed by atoms with van der Waals surface area (Å²) in [5, 5.41) is 4.65. The summed E-state index contributed by atoms with van der Waals surface area (Å²) < 4.78 is 12.0. The highest BCUT2D eigenvalue weighted by Gasteiger charge is 2.21. The van der Waals surface area contributed by atoms with Crippen molar-refractivity contribution in [1.29, 1.82) is 0 Å². The normalized spacial score (nSPS) is 14.5. The van der Waals surface area contributed by atoms with E-state index in [1.807, 2.05) is 18.2 Å². The summed E-state index contributed by atoms with van der Waals surface area (Å²) in [6, 6.07) is 27.6. The van der Waals surface area contributed by atoms with E-state index in [1.165, 1.54) is 24.0 Å². The topological polar surface area (TPSA) is 34.4 Å². The van der Waals surface area contributed by atoms with E-state index in [0.717, 1.165) is 53.5 Å². The molecule has 0 aliphatic heterocycles. The van der Waals surface area contributed by atoms with E-state index in [0.29, 0.717) is 0 Å². The van der Waals surface area contributed by atoms with Crippen LogP contribution in [0.15, 0.2) is 83.3 Å². The quantitative estimate of drug-likeness (QED) is 0.317. The summed E-state index contributed by atoms with van der Waals surface area (Å²) in [7, 11) is 0. The molecule has 3 heteroatoms. The number of hydrogen-bond acceptors (Lipinski definition) is 3. The van der Waals surface area contributed by atoms with Crippen molar-refractivity contribution in [2.24, 2.45) is 5.92 Å². The van der Waals surface area contributed by atoms with Gasteiger partial charge in [0, 0.05) is 11.1 Å². The van der Waals surface area contributed by atoms with E-state index in [4.69, 9.17) is 9.15 Å². The minimum absolute atomic E-state index is 0.110. The Morgan fingerprint density at radius 2 is 1.65 bits per heavy atom. The Kier molecular flexibility index (Phi) is 5.66. The fourth-order valence-corrected chi connectivity index (χ4v) is 3.86. The molecule has 1 heterocycles. The molecule has 5 rings (SSSR count). The van der Waals surface area contributed by atoms with Crippen molar-refractivity contribution in [1.82, 2.24) is 0 Å². The van der Waals surface area contributed by atoms with Crippen LogP contribution in [-0.2, 0) is 12.8 Å². The molecule has 1 aromatic heterocycles. The first-order valence-electron chi connectivity index (χ1n) is 11.3. The molecule has 0 radical (unpaired) electrons. The van der Waals surface area contributed by atoms with Crippen LogP contribution in [0.5, 0.6) is 5.75 Å². The number of aryl methyl sites for hydroxylation is 2. The number of hydrogen-bond donors (Lipinski definition) is 1. The molecule has 1 N–H and O–H groups in total. The molecule has 1 aliphatic rings. The van der Waals surface area contributed by atoms with Crippen LogP contribution in [0.25, 0.3) is 11.0 Å². The molecule has 1 atom stereocenters. The van der Waals surface area contributed by atoms with Crippen LogP contribution in [0.2, 0.25) is 0 Å². The molecule has 1 unspecified atom stereocenters. The maximum atomic E-state index is 6.18. The molecule has 3 nitrogen and oxygen atoms in total. The maximum Gasteiger partial charge on any atom is 0.134 e. The number of furan rings is 1. The Morgan fingerprint density at radius 3 is 2.42 bits per heavy atom. The minimum Gasteiger partial charge on any atom is -0.493 e.